The molecule has 0 unspecified atom stereocenters. The largest absolute Gasteiger partial charge is 0.450 e. The number of amides is 1. The van der Waals surface area contributed by atoms with Crippen molar-refractivity contribution in [1.82, 2.24) is 15.1 Å². The molecule has 0 radical (unpaired) electrons. The summed E-state index contributed by atoms with van der Waals surface area (Å²) in [7, 11) is 0. The van der Waals surface area contributed by atoms with Gasteiger partial charge in [-0.3, -0.25) is 4.99 Å². The lowest BCUT2D eigenvalue weighted by molar-refractivity contribution is 0.0963. The fraction of sp³-hybridized carbons (Fsp3) is 0.889. The Kier molecular flexibility index (Phi) is 8.31. The van der Waals surface area contributed by atoms with Crippen molar-refractivity contribution >= 4 is 12.1 Å². The van der Waals surface area contributed by atoms with Crippen LogP contribution in [0.1, 0.15) is 46.0 Å². The molecule has 2 rings (SSSR count). The quantitative estimate of drug-likeness (QED) is 0.431. The number of nitrogens with zero attached hydrogens (tertiary/aromatic N) is 3. The SMILES string of the molecule is CCOC(=O)N1CCC(NC(N)=NCCCN2CCC(C)CC2)CC1. The van der Waals surface area contributed by atoms with Crippen LogP contribution in [0.15, 0.2) is 4.99 Å². The number of likely N-dealkylation sites (tertiary alicyclic amines) is 2. The molecule has 0 aliphatic carbocycles. The Labute approximate surface area is 152 Å². The first-order valence-corrected chi connectivity index (χ1v) is 9.79. The second kappa shape index (κ2) is 10.5. The third-order valence-electron chi connectivity index (χ3n) is 5.16. The topological polar surface area (TPSA) is 83.2 Å². The van der Waals surface area contributed by atoms with Crippen molar-refractivity contribution in [2.75, 3.05) is 45.9 Å². The van der Waals surface area contributed by atoms with Crippen molar-refractivity contribution in [3.63, 3.8) is 0 Å². The molecule has 0 saturated carbocycles. The number of piperidine rings is 2. The first kappa shape index (κ1) is 19.8. The van der Waals surface area contributed by atoms with Gasteiger partial charge in [-0.1, -0.05) is 6.92 Å². The molecule has 2 saturated heterocycles. The van der Waals surface area contributed by atoms with Crippen LogP contribution in [-0.4, -0.2) is 73.8 Å². The summed E-state index contributed by atoms with van der Waals surface area (Å²) in [5.41, 5.74) is 6.00. The van der Waals surface area contributed by atoms with Gasteiger partial charge in [0.15, 0.2) is 5.96 Å². The Morgan fingerprint density at radius 1 is 1.20 bits per heavy atom. The molecule has 1 amide bonds. The lowest BCUT2D eigenvalue weighted by atomic mass is 9.99. The Morgan fingerprint density at radius 2 is 1.88 bits per heavy atom. The molecule has 0 spiro atoms. The number of rotatable bonds is 6. The van der Waals surface area contributed by atoms with Crippen LogP contribution in [-0.2, 0) is 4.74 Å². The number of carbonyl (C=O) groups excluding carboxylic acids is 1. The predicted octanol–water partition coefficient (Wildman–Crippen LogP) is 1.63. The van der Waals surface area contributed by atoms with Gasteiger partial charge in [0.25, 0.3) is 0 Å². The number of ether oxygens (including phenoxy) is 1. The summed E-state index contributed by atoms with van der Waals surface area (Å²) in [6.07, 6.45) is 5.23. The maximum absolute atomic E-state index is 11.7. The summed E-state index contributed by atoms with van der Waals surface area (Å²) < 4.78 is 5.03. The van der Waals surface area contributed by atoms with E-state index in [0.29, 0.717) is 25.7 Å². The van der Waals surface area contributed by atoms with Crippen molar-refractivity contribution in [3.8, 4) is 0 Å². The van der Waals surface area contributed by atoms with Gasteiger partial charge in [0.1, 0.15) is 0 Å². The average molecular weight is 354 g/mol. The van der Waals surface area contributed by atoms with Gasteiger partial charge >= 0.3 is 6.09 Å². The predicted molar refractivity (Wildman–Crippen MR) is 101 cm³/mol. The molecule has 3 N–H and O–H groups in total. The number of guanidine groups is 1. The van der Waals surface area contributed by atoms with Crippen LogP contribution in [0.4, 0.5) is 4.79 Å². The number of nitrogens with two attached hydrogens (primary N) is 1. The number of hydrogen-bond acceptors (Lipinski definition) is 4. The molecule has 0 aromatic rings. The molecule has 0 aromatic carbocycles. The van der Waals surface area contributed by atoms with Crippen LogP contribution < -0.4 is 11.1 Å². The van der Waals surface area contributed by atoms with E-state index in [0.717, 1.165) is 38.3 Å². The monoisotopic (exact) mass is 353 g/mol. The highest BCUT2D eigenvalue weighted by Gasteiger charge is 2.23. The number of carbonyl (C=O) groups is 1. The molecule has 25 heavy (non-hydrogen) atoms. The minimum Gasteiger partial charge on any atom is -0.450 e. The molecule has 7 heteroatoms. The van der Waals surface area contributed by atoms with E-state index in [4.69, 9.17) is 10.5 Å². The molecule has 2 aliphatic heterocycles. The maximum atomic E-state index is 11.7. The van der Waals surface area contributed by atoms with Gasteiger partial charge < -0.3 is 25.6 Å². The highest BCUT2D eigenvalue weighted by Crippen LogP contribution is 2.15. The Hall–Kier alpha value is -1.50. The lowest BCUT2D eigenvalue weighted by Crippen LogP contribution is -2.48. The Balaban J connectivity index is 1.58. The zero-order valence-electron chi connectivity index (χ0n) is 15.9. The summed E-state index contributed by atoms with van der Waals surface area (Å²) in [5, 5.41) is 3.29. The fourth-order valence-electron chi connectivity index (χ4n) is 3.46. The van der Waals surface area contributed by atoms with Crippen molar-refractivity contribution in [1.29, 1.82) is 0 Å². The molecule has 0 atom stereocenters. The van der Waals surface area contributed by atoms with Crippen molar-refractivity contribution < 1.29 is 9.53 Å². The molecule has 144 valence electrons. The fourth-order valence-corrected chi connectivity index (χ4v) is 3.46. The van der Waals surface area contributed by atoms with E-state index in [1.807, 2.05) is 6.92 Å². The summed E-state index contributed by atoms with van der Waals surface area (Å²) in [6.45, 7) is 10.3. The van der Waals surface area contributed by atoms with E-state index in [1.54, 1.807) is 4.90 Å². The van der Waals surface area contributed by atoms with Crippen LogP contribution in [0.2, 0.25) is 0 Å². The van der Waals surface area contributed by atoms with Gasteiger partial charge in [0, 0.05) is 25.7 Å². The summed E-state index contributed by atoms with van der Waals surface area (Å²) >= 11 is 0. The molecule has 7 nitrogen and oxygen atoms in total. The molecule has 0 aromatic heterocycles. The van der Waals surface area contributed by atoms with Gasteiger partial charge in [0.2, 0.25) is 0 Å². The second-order valence-electron chi connectivity index (χ2n) is 7.25. The number of aliphatic imine (C=N–C) groups is 1. The van der Waals surface area contributed by atoms with Gasteiger partial charge in [-0.2, -0.15) is 0 Å². The molecule has 2 heterocycles. The minimum absolute atomic E-state index is 0.213. The summed E-state index contributed by atoms with van der Waals surface area (Å²) in [4.78, 5) is 20.4. The lowest BCUT2D eigenvalue weighted by Gasteiger charge is -2.31. The zero-order valence-corrected chi connectivity index (χ0v) is 15.9. The van der Waals surface area contributed by atoms with E-state index in [9.17, 15) is 4.79 Å². The first-order valence-electron chi connectivity index (χ1n) is 9.79. The summed E-state index contributed by atoms with van der Waals surface area (Å²) in [5.74, 6) is 1.41. The van der Waals surface area contributed by atoms with Crippen LogP contribution in [0.3, 0.4) is 0 Å². The van der Waals surface area contributed by atoms with Crippen molar-refractivity contribution in [3.05, 3.63) is 0 Å². The van der Waals surface area contributed by atoms with E-state index in [2.05, 4.69) is 22.1 Å². The van der Waals surface area contributed by atoms with Gasteiger partial charge in [-0.25, -0.2) is 4.79 Å². The highest BCUT2D eigenvalue weighted by molar-refractivity contribution is 5.78. The van der Waals surface area contributed by atoms with Gasteiger partial charge in [-0.05, 0) is 64.6 Å². The Bertz CT molecular complexity index is 427. The highest BCUT2D eigenvalue weighted by atomic mass is 16.6. The maximum Gasteiger partial charge on any atom is 0.409 e. The van der Waals surface area contributed by atoms with Crippen molar-refractivity contribution in [2.24, 2.45) is 16.6 Å². The van der Waals surface area contributed by atoms with Gasteiger partial charge in [-0.15, -0.1) is 0 Å². The van der Waals surface area contributed by atoms with Crippen LogP contribution in [0.5, 0.6) is 0 Å². The second-order valence-corrected chi connectivity index (χ2v) is 7.25. The van der Waals surface area contributed by atoms with E-state index < -0.39 is 0 Å². The molecule has 0 bridgehead atoms. The number of nitrogens with one attached hydrogen (secondary N) is 1. The van der Waals surface area contributed by atoms with E-state index in [1.165, 1.54) is 25.9 Å². The standard InChI is InChI=1S/C18H35N5O2/c1-3-25-18(24)23-13-7-16(8-14-23)21-17(19)20-9-4-10-22-11-5-15(2)6-12-22/h15-16H,3-14H2,1-2H3,(H3,19,20,21). The van der Waals surface area contributed by atoms with Crippen molar-refractivity contribution in [2.45, 2.75) is 52.0 Å². The molecule has 2 aliphatic rings. The van der Waals surface area contributed by atoms with Crippen LogP contribution in [0, 0.1) is 5.92 Å². The number of hydrogen-bond donors (Lipinski definition) is 2. The smallest absolute Gasteiger partial charge is 0.409 e. The first-order chi connectivity index (χ1) is 12.1. The van der Waals surface area contributed by atoms with Crippen LogP contribution in [0.25, 0.3) is 0 Å². The zero-order chi connectivity index (χ0) is 18.1. The molecular formula is C18H35N5O2. The van der Waals surface area contributed by atoms with E-state index in [-0.39, 0.29) is 12.1 Å². The Morgan fingerprint density at radius 3 is 2.52 bits per heavy atom. The normalized spacial score (nSPS) is 21.4. The third-order valence-corrected chi connectivity index (χ3v) is 5.16. The van der Waals surface area contributed by atoms with Gasteiger partial charge in [0.05, 0.1) is 6.61 Å². The average Bonchev–Trinajstić information content (AvgIpc) is 2.61. The molecular weight excluding hydrogens is 318 g/mol. The third kappa shape index (κ3) is 7.10. The minimum atomic E-state index is -0.213. The molecule has 2 fully saturated rings. The van der Waals surface area contributed by atoms with E-state index >= 15 is 0 Å². The van der Waals surface area contributed by atoms with Crippen LogP contribution >= 0.6 is 0 Å². The summed E-state index contributed by atoms with van der Waals surface area (Å²) in [6, 6.07) is 0.290.